The summed E-state index contributed by atoms with van der Waals surface area (Å²) in [6.45, 7) is 2.88. The largest absolute Gasteiger partial charge is 0.381 e. The zero-order valence-electron chi connectivity index (χ0n) is 12.7. The molecule has 0 bridgehead atoms. The van der Waals surface area contributed by atoms with Crippen LogP contribution in [0.5, 0.6) is 0 Å². The van der Waals surface area contributed by atoms with Gasteiger partial charge in [0.15, 0.2) is 11.6 Å². The van der Waals surface area contributed by atoms with Gasteiger partial charge in [-0.25, -0.2) is 9.37 Å². The number of hydrogen-bond donors (Lipinski definition) is 1. The Kier molecular flexibility index (Phi) is 3.74. The molecule has 2 aromatic rings. The molecule has 2 atom stereocenters. The number of nitrogen functional groups attached to an aromatic ring is 1. The fourth-order valence-corrected chi connectivity index (χ4v) is 3.22. The molecule has 2 aliphatic rings. The Morgan fingerprint density at radius 3 is 2.70 bits per heavy atom. The second-order valence-electron chi connectivity index (χ2n) is 6.07. The standard InChI is InChI=1S/C16H19FN4O2/c17-13-5-11(7-19-16(13)18)14-6-15(10-1-3-22-8-10)21(20-14)12-2-4-23-9-12/h5-7,10,12H,1-4,8-9H2,(H2,18,19). The topological polar surface area (TPSA) is 75.2 Å². The van der Waals surface area contributed by atoms with E-state index in [0.717, 1.165) is 31.7 Å². The van der Waals surface area contributed by atoms with Crippen molar-refractivity contribution in [3.8, 4) is 11.3 Å². The van der Waals surface area contributed by atoms with Gasteiger partial charge in [0.05, 0.1) is 24.9 Å². The van der Waals surface area contributed by atoms with E-state index in [-0.39, 0.29) is 11.9 Å². The van der Waals surface area contributed by atoms with Gasteiger partial charge in [-0.2, -0.15) is 5.10 Å². The third-order valence-electron chi connectivity index (χ3n) is 4.53. The predicted octanol–water partition coefficient (Wildman–Crippen LogP) is 2.13. The number of rotatable bonds is 3. The monoisotopic (exact) mass is 318 g/mol. The van der Waals surface area contributed by atoms with Crippen LogP contribution in [0.3, 0.4) is 0 Å². The third-order valence-corrected chi connectivity index (χ3v) is 4.53. The number of nitrogens with zero attached hydrogens (tertiary/aromatic N) is 3. The van der Waals surface area contributed by atoms with Crippen LogP contribution in [-0.2, 0) is 9.47 Å². The smallest absolute Gasteiger partial charge is 0.165 e. The molecule has 4 heterocycles. The van der Waals surface area contributed by atoms with Crippen LogP contribution in [0, 0.1) is 5.82 Å². The minimum absolute atomic E-state index is 0.0956. The molecule has 2 unspecified atom stereocenters. The van der Waals surface area contributed by atoms with Crippen molar-refractivity contribution in [3.05, 3.63) is 29.8 Å². The summed E-state index contributed by atoms with van der Waals surface area (Å²) in [5.74, 6) is -0.294. The summed E-state index contributed by atoms with van der Waals surface area (Å²) in [6, 6.07) is 3.63. The maximum Gasteiger partial charge on any atom is 0.165 e. The first-order valence-electron chi connectivity index (χ1n) is 7.88. The fourth-order valence-electron chi connectivity index (χ4n) is 3.22. The van der Waals surface area contributed by atoms with Gasteiger partial charge in [0.25, 0.3) is 0 Å². The number of anilines is 1. The second-order valence-corrected chi connectivity index (χ2v) is 6.07. The third kappa shape index (κ3) is 2.70. The lowest BCUT2D eigenvalue weighted by molar-refractivity contribution is 0.181. The van der Waals surface area contributed by atoms with Crippen LogP contribution in [0.15, 0.2) is 18.3 Å². The van der Waals surface area contributed by atoms with Crippen molar-refractivity contribution in [2.24, 2.45) is 0 Å². The summed E-state index contributed by atoms with van der Waals surface area (Å²) in [6.07, 6.45) is 3.48. The molecule has 4 rings (SSSR count). The van der Waals surface area contributed by atoms with E-state index in [1.165, 1.54) is 6.07 Å². The number of hydrogen-bond acceptors (Lipinski definition) is 5. The first-order valence-corrected chi connectivity index (χ1v) is 7.88. The summed E-state index contributed by atoms with van der Waals surface area (Å²) >= 11 is 0. The summed E-state index contributed by atoms with van der Waals surface area (Å²) in [5, 5.41) is 4.71. The first kappa shape index (κ1) is 14.6. The molecule has 0 radical (unpaired) electrons. The summed E-state index contributed by atoms with van der Waals surface area (Å²) < 4.78 is 26.8. The number of ether oxygens (including phenoxy) is 2. The van der Waals surface area contributed by atoms with Crippen LogP contribution in [0.1, 0.15) is 30.5 Å². The van der Waals surface area contributed by atoms with E-state index in [0.29, 0.717) is 30.4 Å². The highest BCUT2D eigenvalue weighted by Crippen LogP contribution is 2.33. The second kappa shape index (κ2) is 5.90. The average Bonchev–Trinajstić information content (AvgIpc) is 3.30. The van der Waals surface area contributed by atoms with Crippen LogP contribution >= 0.6 is 0 Å². The van der Waals surface area contributed by atoms with Crippen molar-refractivity contribution in [1.29, 1.82) is 0 Å². The Hall–Kier alpha value is -1.99. The quantitative estimate of drug-likeness (QED) is 0.938. The molecular weight excluding hydrogens is 299 g/mol. The van der Waals surface area contributed by atoms with Gasteiger partial charge in [-0.15, -0.1) is 0 Å². The molecule has 0 saturated carbocycles. The van der Waals surface area contributed by atoms with Crippen LogP contribution in [0.4, 0.5) is 10.2 Å². The van der Waals surface area contributed by atoms with E-state index in [2.05, 4.69) is 4.98 Å². The lowest BCUT2D eigenvalue weighted by Gasteiger charge is -2.16. The molecule has 122 valence electrons. The van der Waals surface area contributed by atoms with Crippen molar-refractivity contribution in [3.63, 3.8) is 0 Å². The van der Waals surface area contributed by atoms with Gasteiger partial charge in [0.1, 0.15) is 0 Å². The molecule has 2 saturated heterocycles. The highest BCUT2D eigenvalue weighted by Gasteiger charge is 2.28. The van der Waals surface area contributed by atoms with E-state index >= 15 is 0 Å². The molecule has 7 heteroatoms. The number of nitrogens with two attached hydrogens (primary N) is 1. The van der Waals surface area contributed by atoms with Crippen molar-refractivity contribution in [2.45, 2.75) is 24.8 Å². The van der Waals surface area contributed by atoms with Gasteiger partial charge in [0.2, 0.25) is 0 Å². The number of aromatic nitrogens is 3. The molecule has 23 heavy (non-hydrogen) atoms. The Labute approximate surface area is 133 Å². The highest BCUT2D eigenvalue weighted by atomic mass is 19.1. The van der Waals surface area contributed by atoms with Gasteiger partial charge in [0, 0.05) is 36.6 Å². The minimum Gasteiger partial charge on any atom is -0.381 e. The van der Waals surface area contributed by atoms with E-state index < -0.39 is 5.82 Å². The molecular formula is C16H19FN4O2. The van der Waals surface area contributed by atoms with Crippen molar-refractivity contribution < 1.29 is 13.9 Å². The highest BCUT2D eigenvalue weighted by molar-refractivity contribution is 5.60. The Morgan fingerprint density at radius 2 is 2.00 bits per heavy atom. The lowest BCUT2D eigenvalue weighted by Crippen LogP contribution is -2.16. The molecule has 6 nitrogen and oxygen atoms in total. The molecule has 2 N–H and O–H groups in total. The Balaban J connectivity index is 1.75. The van der Waals surface area contributed by atoms with Crippen molar-refractivity contribution in [2.75, 3.05) is 32.2 Å². The predicted molar refractivity (Wildman–Crippen MR) is 82.5 cm³/mol. The molecule has 2 aromatic heterocycles. The SMILES string of the molecule is Nc1ncc(-c2cc(C3CCOC3)n(C3CCOC3)n2)cc1F. The van der Waals surface area contributed by atoms with E-state index in [1.54, 1.807) is 6.20 Å². The van der Waals surface area contributed by atoms with Crippen LogP contribution in [0.2, 0.25) is 0 Å². The van der Waals surface area contributed by atoms with Gasteiger partial charge in [-0.05, 0) is 25.0 Å². The van der Waals surface area contributed by atoms with Gasteiger partial charge >= 0.3 is 0 Å². The molecule has 0 aromatic carbocycles. The average molecular weight is 318 g/mol. The molecule has 0 amide bonds. The molecule has 0 aliphatic carbocycles. The van der Waals surface area contributed by atoms with Crippen LogP contribution in [0.25, 0.3) is 11.3 Å². The van der Waals surface area contributed by atoms with Crippen molar-refractivity contribution >= 4 is 5.82 Å². The van der Waals surface area contributed by atoms with E-state index in [9.17, 15) is 4.39 Å². The van der Waals surface area contributed by atoms with Gasteiger partial charge in [-0.3, -0.25) is 4.68 Å². The van der Waals surface area contributed by atoms with Gasteiger partial charge < -0.3 is 15.2 Å². The van der Waals surface area contributed by atoms with Crippen molar-refractivity contribution in [1.82, 2.24) is 14.8 Å². The van der Waals surface area contributed by atoms with Crippen LogP contribution in [-0.4, -0.2) is 41.2 Å². The first-order chi connectivity index (χ1) is 11.2. The van der Waals surface area contributed by atoms with E-state index in [4.69, 9.17) is 20.3 Å². The maximum absolute atomic E-state index is 13.7. The normalized spacial score (nSPS) is 24.4. The molecule has 0 spiro atoms. The summed E-state index contributed by atoms with van der Waals surface area (Å²) in [7, 11) is 0. The van der Waals surface area contributed by atoms with Crippen LogP contribution < -0.4 is 5.73 Å². The number of halogens is 1. The van der Waals surface area contributed by atoms with Gasteiger partial charge in [-0.1, -0.05) is 0 Å². The number of pyridine rings is 1. The minimum atomic E-state index is -0.521. The fraction of sp³-hybridized carbons (Fsp3) is 0.500. The Morgan fingerprint density at radius 1 is 1.17 bits per heavy atom. The lowest BCUT2D eigenvalue weighted by atomic mass is 10.0. The zero-order valence-corrected chi connectivity index (χ0v) is 12.7. The Bertz CT molecular complexity index is 673. The summed E-state index contributed by atoms with van der Waals surface area (Å²) in [5.41, 5.74) is 7.93. The molecule has 2 aliphatic heterocycles. The molecule has 2 fully saturated rings. The summed E-state index contributed by atoms with van der Waals surface area (Å²) in [4.78, 5) is 3.89. The van der Waals surface area contributed by atoms with E-state index in [1.807, 2.05) is 10.7 Å². The maximum atomic E-state index is 13.7. The zero-order chi connectivity index (χ0) is 15.8.